The summed E-state index contributed by atoms with van der Waals surface area (Å²) in [5.41, 5.74) is -0.164. The van der Waals surface area contributed by atoms with Crippen LogP contribution < -0.4 is 0 Å². The summed E-state index contributed by atoms with van der Waals surface area (Å²) in [5, 5.41) is 3.67. The highest BCUT2D eigenvalue weighted by atomic mass is 35.5. The van der Waals surface area contributed by atoms with Crippen molar-refractivity contribution in [2.24, 2.45) is 5.18 Å². The van der Waals surface area contributed by atoms with Crippen LogP contribution in [0.15, 0.2) is 23.4 Å². The molecule has 0 saturated carbocycles. The van der Waals surface area contributed by atoms with Crippen LogP contribution in [-0.2, 0) is 6.42 Å². The van der Waals surface area contributed by atoms with Gasteiger partial charge in [0.05, 0.1) is 0 Å². The fraction of sp³-hybridized carbons (Fsp3) is 0.250. The molecule has 0 aliphatic heterocycles. The van der Waals surface area contributed by atoms with Gasteiger partial charge < -0.3 is 0 Å². The zero-order valence-corrected chi connectivity index (χ0v) is 8.77. The minimum absolute atomic E-state index is 0.254. The lowest BCUT2D eigenvalue weighted by Gasteiger charge is -2.05. The first-order chi connectivity index (χ1) is 6.15. The Morgan fingerprint density at radius 1 is 1.31 bits per heavy atom. The molecule has 0 aliphatic carbocycles. The van der Waals surface area contributed by atoms with Gasteiger partial charge in [0.1, 0.15) is 0 Å². The number of hydrogen-bond donors (Lipinski definition) is 0. The highest BCUT2D eigenvalue weighted by Gasteiger charge is 2.11. The third-order valence-corrected chi connectivity index (χ3v) is 2.49. The SMILES string of the molecule is O=NC(Cl)Cc1c(Cl)cccc1Cl. The largest absolute Gasteiger partial charge is 0.169 e. The maximum Gasteiger partial charge on any atom is 0.169 e. The number of alkyl halides is 1. The third-order valence-electron chi connectivity index (χ3n) is 1.55. The molecule has 70 valence electrons. The van der Waals surface area contributed by atoms with Crippen molar-refractivity contribution in [2.75, 3.05) is 0 Å². The van der Waals surface area contributed by atoms with Crippen molar-refractivity contribution >= 4 is 34.8 Å². The lowest BCUT2D eigenvalue weighted by atomic mass is 10.1. The molecule has 0 amide bonds. The molecule has 1 unspecified atom stereocenters. The van der Waals surface area contributed by atoms with E-state index in [1.54, 1.807) is 18.2 Å². The Morgan fingerprint density at radius 2 is 1.85 bits per heavy atom. The van der Waals surface area contributed by atoms with E-state index in [0.29, 0.717) is 15.6 Å². The molecule has 0 fully saturated rings. The second-order valence-corrected chi connectivity index (χ2v) is 3.76. The molecule has 1 aromatic rings. The molecule has 1 atom stereocenters. The molecule has 13 heavy (non-hydrogen) atoms. The van der Waals surface area contributed by atoms with Crippen molar-refractivity contribution in [2.45, 2.75) is 11.9 Å². The lowest BCUT2D eigenvalue weighted by molar-refractivity contribution is 0.883. The first-order valence-electron chi connectivity index (χ1n) is 3.54. The molecule has 2 nitrogen and oxygen atoms in total. The van der Waals surface area contributed by atoms with Crippen LogP contribution in [0.25, 0.3) is 0 Å². The Kier molecular flexibility index (Phi) is 3.97. The topological polar surface area (TPSA) is 29.4 Å². The Hall–Kier alpha value is -0.310. The highest BCUT2D eigenvalue weighted by molar-refractivity contribution is 6.36. The van der Waals surface area contributed by atoms with Gasteiger partial charge in [0.15, 0.2) is 5.50 Å². The smallest absolute Gasteiger partial charge is 0.149 e. The number of hydrogen-bond acceptors (Lipinski definition) is 2. The summed E-state index contributed by atoms with van der Waals surface area (Å²) in [6, 6.07) is 5.11. The van der Waals surface area contributed by atoms with Gasteiger partial charge in [0.25, 0.3) is 0 Å². The molecule has 0 heterocycles. The molecule has 5 heteroatoms. The van der Waals surface area contributed by atoms with E-state index >= 15 is 0 Å². The van der Waals surface area contributed by atoms with Crippen LogP contribution in [0, 0.1) is 4.91 Å². The summed E-state index contributed by atoms with van der Waals surface area (Å²) in [4.78, 5) is 10.1. The van der Waals surface area contributed by atoms with Gasteiger partial charge in [-0.1, -0.05) is 40.9 Å². The average Bonchev–Trinajstić information content (AvgIpc) is 2.11. The normalized spacial score (nSPS) is 12.5. The van der Waals surface area contributed by atoms with Crippen molar-refractivity contribution in [1.82, 2.24) is 0 Å². The minimum Gasteiger partial charge on any atom is -0.149 e. The third kappa shape index (κ3) is 2.83. The van der Waals surface area contributed by atoms with Crippen LogP contribution in [0.1, 0.15) is 5.56 Å². The fourth-order valence-corrected chi connectivity index (χ4v) is 1.64. The maximum atomic E-state index is 10.1. The van der Waals surface area contributed by atoms with E-state index < -0.39 is 5.50 Å². The zero-order chi connectivity index (χ0) is 9.84. The van der Waals surface area contributed by atoms with Crippen molar-refractivity contribution in [1.29, 1.82) is 0 Å². The summed E-state index contributed by atoms with van der Waals surface area (Å²) in [5.74, 6) is 0. The van der Waals surface area contributed by atoms with Crippen molar-refractivity contribution in [3.05, 3.63) is 38.7 Å². The highest BCUT2D eigenvalue weighted by Crippen LogP contribution is 2.26. The maximum absolute atomic E-state index is 10.1. The molecule has 0 aliphatic rings. The zero-order valence-electron chi connectivity index (χ0n) is 6.51. The van der Waals surface area contributed by atoms with E-state index in [-0.39, 0.29) is 6.42 Å². The second-order valence-electron chi connectivity index (χ2n) is 2.44. The molecule has 0 bridgehead atoms. The fourth-order valence-electron chi connectivity index (χ4n) is 0.933. The minimum atomic E-state index is -0.822. The predicted octanol–water partition coefficient (Wildman–Crippen LogP) is 3.87. The number of benzene rings is 1. The molecule has 0 N–H and O–H groups in total. The quantitative estimate of drug-likeness (QED) is 0.446. The Balaban J connectivity index is 2.93. The van der Waals surface area contributed by atoms with Crippen molar-refractivity contribution in [3.63, 3.8) is 0 Å². The molecule has 0 radical (unpaired) electrons. The molecule has 0 spiro atoms. The lowest BCUT2D eigenvalue weighted by Crippen LogP contribution is -1.99. The van der Waals surface area contributed by atoms with Crippen LogP contribution in [0.5, 0.6) is 0 Å². The molecule has 0 saturated heterocycles. The first kappa shape index (κ1) is 10.8. The van der Waals surface area contributed by atoms with Crippen LogP contribution in [0.4, 0.5) is 0 Å². The van der Waals surface area contributed by atoms with E-state index in [0.717, 1.165) is 0 Å². The number of nitroso groups, excluding NO2 is 1. The van der Waals surface area contributed by atoms with Gasteiger partial charge in [-0.3, -0.25) is 0 Å². The first-order valence-corrected chi connectivity index (χ1v) is 4.74. The van der Waals surface area contributed by atoms with E-state index in [1.807, 2.05) is 0 Å². The van der Waals surface area contributed by atoms with Gasteiger partial charge >= 0.3 is 0 Å². The van der Waals surface area contributed by atoms with Crippen LogP contribution >= 0.6 is 34.8 Å². The molecular weight excluding hydrogens is 232 g/mol. The Labute approximate surface area is 90.8 Å². The van der Waals surface area contributed by atoms with Gasteiger partial charge in [-0.25, -0.2) is 0 Å². The molecule has 1 rings (SSSR count). The number of nitrogens with zero attached hydrogens (tertiary/aromatic N) is 1. The molecule has 0 aromatic heterocycles. The standard InChI is InChI=1S/C8H6Cl3NO/c9-6-2-1-3-7(10)5(6)4-8(11)12-13/h1-3,8H,4H2. The average molecular weight is 239 g/mol. The summed E-state index contributed by atoms with van der Waals surface area (Å²) in [7, 11) is 0. The van der Waals surface area contributed by atoms with Crippen LogP contribution in [0.2, 0.25) is 10.0 Å². The van der Waals surface area contributed by atoms with Gasteiger partial charge in [-0.05, 0) is 22.9 Å². The predicted molar refractivity (Wildman–Crippen MR) is 55.6 cm³/mol. The van der Waals surface area contributed by atoms with E-state index in [4.69, 9.17) is 34.8 Å². The molecule has 1 aromatic carbocycles. The van der Waals surface area contributed by atoms with Crippen molar-refractivity contribution in [3.8, 4) is 0 Å². The van der Waals surface area contributed by atoms with Crippen LogP contribution in [0.3, 0.4) is 0 Å². The van der Waals surface area contributed by atoms with Crippen LogP contribution in [-0.4, -0.2) is 5.50 Å². The molecular formula is C8H6Cl3NO. The van der Waals surface area contributed by atoms with E-state index in [2.05, 4.69) is 5.18 Å². The Morgan fingerprint density at radius 3 is 2.31 bits per heavy atom. The summed E-state index contributed by atoms with van der Waals surface area (Å²) >= 11 is 17.2. The van der Waals surface area contributed by atoms with Gasteiger partial charge in [-0.15, -0.1) is 4.91 Å². The second kappa shape index (κ2) is 4.80. The summed E-state index contributed by atoms with van der Waals surface area (Å²) in [6.07, 6.45) is 0.254. The van der Waals surface area contributed by atoms with Gasteiger partial charge in [0, 0.05) is 16.5 Å². The van der Waals surface area contributed by atoms with Gasteiger partial charge in [-0.2, -0.15) is 0 Å². The Bertz CT molecular complexity index is 296. The number of rotatable bonds is 3. The van der Waals surface area contributed by atoms with Crippen molar-refractivity contribution < 1.29 is 0 Å². The van der Waals surface area contributed by atoms with E-state index in [1.165, 1.54) is 0 Å². The summed E-state index contributed by atoms with van der Waals surface area (Å²) in [6.45, 7) is 0. The number of halogens is 3. The van der Waals surface area contributed by atoms with Gasteiger partial charge in [0.2, 0.25) is 0 Å². The monoisotopic (exact) mass is 237 g/mol. The summed E-state index contributed by atoms with van der Waals surface area (Å²) < 4.78 is 0. The van der Waals surface area contributed by atoms with E-state index in [9.17, 15) is 4.91 Å².